The number of sulfonamides is 1. The summed E-state index contributed by atoms with van der Waals surface area (Å²) in [5.74, 6) is -0.878. The Morgan fingerprint density at radius 3 is 2.69 bits per heavy atom. The SMILES string of the molecule is C=CC(C)NS(=O)(=O)c1c(F)cccc1Cl. The van der Waals surface area contributed by atoms with Crippen molar-refractivity contribution in [1.82, 2.24) is 4.72 Å². The van der Waals surface area contributed by atoms with Gasteiger partial charge in [-0.15, -0.1) is 6.58 Å². The quantitative estimate of drug-likeness (QED) is 0.848. The molecule has 16 heavy (non-hydrogen) atoms. The van der Waals surface area contributed by atoms with Crippen LogP contribution in [-0.2, 0) is 10.0 Å². The normalized spacial score (nSPS) is 13.4. The van der Waals surface area contributed by atoms with Crippen molar-refractivity contribution >= 4 is 21.6 Å². The van der Waals surface area contributed by atoms with Crippen LogP contribution in [0.5, 0.6) is 0 Å². The van der Waals surface area contributed by atoms with E-state index in [9.17, 15) is 12.8 Å². The molecule has 1 unspecified atom stereocenters. The lowest BCUT2D eigenvalue weighted by Crippen LogP contribution is -2.31. The Balaban J connectivity index is 3.22. The van der Waals surface area contributed by atoms with Gasteiger partial charge in [-0.3, -0.25) is 0 Å². The van der Waals surface area contributed by atoms with Gasteiger partial charge in [0.2, 0.25) is 10.0 Å². The standard InChI is InChI=1S/C10H11ClFNO2S/c1-3-7(2)13-16(14,15)10-8(11)5-4-6-9(10)12/h3-7,13H,1H2,2H3. The molecule has 88 valence electrons. The van der Waals surface area contributed by atoms with Gasteiger partial charge in [-0.1, -0.05) is 23.7 Å². The van der Waals surface area contributed by atoms with Gasteiger partial charge in [-0.05, 0) is 19.1 Å². The van der Waals surface area contributed by atoms with Gasteiger partial charge in [-0.25, -0.2) is 17.5 Å². The van der Waals surface area contributed by atoms with Crippen molar-refractivity contribution in [3.8, 4) is 0 Å². The van der Waals surface area contributed by atoms with Crippen molar-refractivity contribution in [2.45, 2.75) is 17.9 Å². The minimum absolute atomic E-state index is 0.149. The number of hydrogen-bond donors (Lipinski definition) is 1. The van der Waals surface area contributed by atoms with Crippen molar-refractivity contribution in [3.05, 3.63) is 41.7 Å². The van der Waals surface area contributed by atoms with Crippen LogP contribution in [0, 0.1) is 5.82 Å². The van der Waals surface area contributed by atoms with Gasteiger partial charge in [0.25, 0.3) is 0 Å². The van der Waals surface area contributed by atoms with Crippen LogP contribution in [0.25, 0.3) is 0 Å². The maximum Gasteiger partial charge on any atom is 0.245 e. The molecule has 1 N–H and O–H groups in total. The number of hydrogen-bond acceptors (Lipinski definition) is 2. The summed E-state index contributed by atoms with van der Waals surface area (Å²) in [6.45, 7) is 5.01. The highest BCUT2D eigenvalue weighted by molar-refractivity contribution is 7.89. The van der Waals surface area contributed by atoms with Gasteiger partial charge in [0.1, 0.15) is 10.7 Å². The summed E-state index contributed by atoms with van der Waals surface area (Å²) in [5, 5.41) is -0.149. The second-order valence-corrected chi connectivity index (χ2v) is 5.25. The summed E-state index contributed by atoms with van der Waals surface area (Å²) in [6, 6.07) is 3.20. The molecular formula is C10H11ClFNO2S. The first kappa shape index (κ1) is 13.2. The zero-order valence-corrected chi connectivity index (χ0v) is 10.1. The molecule has 0 heterocycles. The molecule has 0 fully saturated rings. The smallest absolute Gasteiger partial charge is 0.207 e. The number of halogens is 2. The fourth-order valence-electron chi connectivity index (χ4n) is 1.09. The minimum Gasteiger partial charge on any atom is -0.207 e. The second kappa shape index (κ2) is 4.95. The Morgan fingerprint density at radius 1 is 1.56 bits per heavy atom. The topological polar surface area (TPSA) is 46.2 Å². The molecule has 1 rings (SSSR count). The van der Waals surface area contributed by atoms with Gasteiger partial charge >= 0.3 is 0 Å². The van der Waals surface area contributed by atoms with Crippen LogP contribution in [0.2, 0.25) is 5.02 Å². The molecular weight excluding hydrogens is 253 g/mol. The summed E-state index contributed by atoms with van der Waals surface area (Å²) in [6.07, 6.45) is 1.40. The summed E-state index contributed by atoms with van der Waals surface area (Å²) in [5.41, 5.74) is 0. The Morgan fingerprint density at radius 2 is 2.19 bits per heavy atom. The highest BCUT2D eigenvalue weighted by atomic mass is 35.5. The Labute approximate surface area is 99.0 Å². The molecule has 1 aromatic rings. The van der Waals surface area contributed by atoms with E-state index < -0.39 is 26.8 Å². The zero-order valence-electron chi connectivity index (χ0n) is 8.57. The molecule has 0 saturated carbocycles. The predicted octanol–water partition coefficient (Wildman–Crippen LogP) is 2.33. The van der Waals surface area contributed by atoms with Gasteiger partial charge < -0.3 is 0 Å². The van der Waals surface area contributed by atoms with Crippen molar-refractivity contribution in [1.29, 1.82) is 0 Å². The third kappa shape index (κ3) is 2.81. The molecule has 6 heteroatoms. The second-order valence-electron chi connectivity index (χ2n) is 3.20. The third-order valence-corrected chi connectivity index (χ3v) is 3.94. The summed E-state index contributed by atoms with van der Waals surface area (Å²) < 4.78 is 39.1. The van der Waals surface area contributed by atoms with E-state index in [1.54, 1.807) is 6.92 Å². The van der Waals surface area contributed by atoms with E-state index in [0.29, 0.717) is 0 Å². The monoisotopic (exact) mass is 263 g/mol. The van der Waals surface area contributed by atoms with Crippen LogP contribution in [-0.4, -0.2) is 14.5 Å². The van der Waals surface area contributed by atoms with Crippen LogP contribution in [0.15, 0.2) is 35.7 Å². The first-order chi connectivity index (χ1) is 7.38. The molecule has 0 amide bonds. The van der Waals surface area contributed by atoms with E-state index in [2.05, 4.69) is 11.3 Å². The molecule has 0 saturated heterocycles. The number of benzene rings is 1. The molecule has 1 atom stereocenters. The van der Waals surface area contributed by atoms with E-state index in [1.165, 1.54) is 18.2 Å². The molecule has 0 bridgehead atoms. The fourth-order valence-corrected chi connectivity index (χ4v) is 2.91. The van der Waals surface area contributed by atoms with Crippen molar-refractivity contribution in [2.75, 3.05) is 0 Å². The van der Waals surface area contributed by atoms with Gasteiger partial charge in [-0.2, -0.15) is 0 Å². The van der Waals surface area contributed by atoms with E-state index in [4.69, 9.17) is 11.6 Å². The predicted molar refractivity (Wildman–Crippen MR) is 61.4 cm³/mol. The Hall–Kier alpha value is -0.910. The number of rotatable bonds is 4. The molecule has 3 nitrogen and oxygen atoms in total. The lowest BCUT2D eigenvalue weighted by atomic mass is 10.3. The van der Waals surface area contributed by atoms with Gasteiger partial charge in [0.05, 0.1) is 5.02 Å². The summed E-state index contributed by atoms with van der Waals surface area (Å²) >= 11 is 5.66. The summed E-state index contributed by atoms with van der Waals surface area (Å²) in [7, 11) is -3.96. The maximum atomic E-state index is 13.4. The van der Waals surface area contributed by atoms with Crippen LogP contribution in [0.1, 0.15) is 6.92 Å². The molecule has 0 aliphatic carbocycles. The highest BCUT2D eigenvalue weighted by Gasteiger charge is 2.23. The van der Waals surface area contributed by atoms with Crippen LogP contribution in [0.4, 0.5) is 4.39 Å². The van der Waals surface area contributed by atoms with Crippen molar-refractivity contribution < 1.29 is 12.8 Å². The van der Waals surface area contributed by atoms with Crippen molar-refractivity contribution in [3.63, 3.8) is 0 Å². The molecule has 1 aromatic carbocycles. The lowest BCUT2D eigenvalue weighted by molar-refractivity contribution is 0.553. The van der Waals surface area contributed by atoms with Crippen LogP contribution in [0.3, 0.4) is 0 Å². The molecule has 0 spiro atoms. The summed E-state index contributed by atoms with van der Waals surface area (Å²) in [4.78, 5) is -0.537. The largest absolute Gasteiger partial charge is 0.245 e. The first-order valence-electron chi connectivity index (χ1n) is 4.47. The van der Waals surface area contributed by atoms with Gasteiger partial charge in [0, 0.05) is 6.04 Å². The van der Waals surface area contributed by atoms with Crippen LogP contribution >= 0.6 is 11.6 Å². The molecule has 0 aliphatic rings. The third-order valence-electron chi connectivity index (χ3n) is 1.88. The minimum atomic E-state index is -3.96. The molecule has 0 aromatic heterocycles. The number of nitrogens with one attached hydrogen (secondary N) is 1. The van der Waals surface area contributed by atoms with E-state index in [1.807, 2.05) is 0 Å². The van der Waals surface area contributed by atoms with Crippen LogP contribution < -0.4 is 4.72 Å². The maximum absolute atomic E-state index is 13.4. The Bertz CT molecular complexity index is 481. The lowest BCUT2D eigenvalue weighted by Gasteiger charge is -2.11. The highest BCUT2D eigenvalue weighted by Crippen LogP contribution is 2.24. The Kier molecular flexibility index (Phi) is 4.07. The average molecular weight is 264 g/mol. The van der Waals surface area contributed by atoms with E-state index in [-0.39, 0.29) is 5.02 Å². The molecule has 0 radical (unpaired) electrons. The van der Waals surface area contributed by atoms with E-state index >= 15 is 0 Å². The first-order valence-corrected chi connectivity index (χ1v) is 6.33. The van der Waals surface area contributed by atoms with Gasteiger partial charge in [0.15, 0.2) is 0 Å². The average Bonchev–Trinajstić information content (AvgIpc) is 2.16. The van der Waals surface area contributed by atoms with E-state index in [0.717, 1.165) is 6.07 Å². The molecule has 0 aliphatic heterocycles. The zero-order chi connectivity index (χ0) is 12.3. The fraction of sp³-hybridized carbons (Fsp3) is 0.200. The van der Waals surface area contributed by atoms with Crippen molar-refractivity contribution in [2.24, 2.45) is 0 Å².